The molecule has 3 N–H and O–H groups in total. The first-order chi connectivity index (χ1) is 5.11. The quantitative estimate of drug-likeness (QED) is 0.564. The molecule has 2 atom stereocenters. The number of hydrogen-bond donors (Lipinski definition) is 2. The smallest absolute Gasteiger partial charge is 0.308 e. The summed E-state index contributed by atoms with van der Waals surface area (Å²) in [5.41, 5.74) is 5.44. The van der Waals surface area contributed by atoms with Crippen LogP contribution in [-0.2, 0) is 4.79 Å². The zero-order valence-corrected chi connectivity index (χ0v) is 6.45. The van der Waals surface area contributed by atoms with E-state index in [0.29, 0.717) is 18.8 Å². The fraction of sp³-hybridized carbons (Fsp3) is 0.714. The summed E-state index contributed by atoms with van der Waals surface area (Å²) in [6.45, 7) is 2.22. The summed E-state index contributed by atoms with van der Waals surface area (Å²) in [5, 5.41) is 8.68. The molecular formula is C7H12N2O2. The van der Waals surface area contributed by atoms with Crippen molar-refractivity contribution in [3.8, 4) is 0 Å². The van der Waals surface area contributed by atoms with E-state index in [2.05, 4.69) is 4.99 Å². The molecule has 0 bridgehead atoms. The molecule has 0 fully saturated rings. The van der Waals surface area contributed by atoms with Gasteiger partial charge in [0.25, 0.3) is 0 Å². The molecule has 11 heavy (non-hydrogen) atoms. The molecule has 0 saturated carbocycles. The summed E-state index contributed by atoms with van der Waals surface area (Å²) in [5.74, 6) is -0.420. The minimum Gasteiger partial charge on any atom is -0.481 e. The Morgan fingerprint density at radius 1 is 1.82 bits per heavy atom. The second-order valence-corrected chi connectivity index (χ2v) is 2.96. The molecule has 4 heteroatoms. The van der Waals surface area contributed by atoms with Crippen molar-refractivity contribution < 1.29 is 9.90 Å². The van der Waals surface area contributed by atoms with Crippen LogP contribution in [0.25, 0.3) is 0 Å². The molecule has 4 nitrogen and oxygen atoms in total. The highest BCUT2D eigenvalue weighted by molar-refractivity contribution is 5.83. The van der Waals surface area contributed by atoms with Crippen LogP contribution in [0.5, 0.6) is 0 Å². The maximum atomic E-state index is 10.6. The number of nitrogens with zero attached hydrogens (tertiary/aromatic N) is 1. The number of rotatable bonds is 1. The van der Waals surface area contributed by atoms with Gasteiger partial charge in [-0.2, -0.15) is 0 Å². The topological polar surface area (TPSA) is 75.7 Å². The van der Waals surface area contributed by atoms with Crippen LogP contribution in [0.4, 0.5) is 0 Å². The highest BCUT2D eigenvalue weighted by Crippen LogP contribution is 2.20. The lowest BCUT2D eigenvalue weighted by atomic mass is 9.89. The van der Waals surface area contributed by atoms with Crippen LogP contribution in [0.1, 0.15) is 13.3 Å². The van der Waals surface area contributed by atoms with Crippen molar-refractivity contribution in [1.82, 2.24) is 0 Å². The summed E-state index contributed by atoms with van der Waals surface area (Å²) in [6, 6.07) is 0. The lowest BCUT2D eigenvalue weighted by Crippen LogP contribution is -2.33. The Morgan fingerprint density at radius 2 is 2.45 bits per heavy atom. The second-order valence-electron chi connectivity index (χ2n) is 2.96. The zero-order valence-electron chi connectivity index (χ0n) is 6.45. The Hall–Kier alpha value is -1.06. The standard InChI is InChI=1S/C7H12N2O2/c1-4-2-6(8)9-3-5(4)7(10)11/h4-5H,2-3H2,1H3,(H2,8,9)(H,10,11)/t4-,5+/m0/s1. The number of amidine groups is 1. The zero-order chi connectivity index (χ0) is 8.43. The highest BCUT2D eigenvalue weighted by atomic mass is 16.4. The minimum atomic E-state index is -0.770. The van der Waals surface area contributed by atoms with Crippen molar-refractivity contribution in [1.29, 1.82) is 0 Å². The first kappa shape index (κ1) is 8.04. The molecule has 0 aromatic rings. The van der Waals surface area contributed by atoms with Gasteiger partial charge in [0.15, 0.2) is 0 Å². The van der Waals surface area contributed by atoms with Gasteiger partial charge < -0.3 is 10.8 Å². The monoisotopic (exact) mass is 156 g/mol. The lowest BCUT2D eigenvalue weighted by molar-refractivity contribution is -0.143. The molecule has 1 heterocycles. The normalized spacial score (nSPS) is 31.2. The van der Waals surface area contributed by atoms with Crippen molar-refractivity contribution in [3.05, 3.63) is 0 Å². The van der Waals surface area contributed by atoms with Crippen LogP contribution in [0, 0.1) is 11.8 Å². The average Bonchev–Trinajstić information content (AvgIpc) is 1.85. The fourth-order valence-corrected chi connectivity index (χ4v) is 1.25. The van der Waals surface area contributed by atoms with Gasteiger partial charge in [-0.25, -0.2) is 0 Å². The van der Waals surface area contributed by atoms with E-state index in [9.17, 15) is 4.79 Å². The van der Waals surface area contributed by atoms with Gasteiger partial charge in [0.05, 0.1) is 18.3 Å². The van der Waals surface area contributed by atoms with Gasteiger partial charge in [-0.3, -0.25) is 9.79 Å². The van der Waals surface area contributed by atoms with E-state index in [1.807, 2.05) is 6.92 Å². The van der Waals surface area contributed by atoms with Crippen molar-refractivity contribution in [3.63, 3.8) is 0 Å². The van der Waals surface area contributed by atoms with Gasteiger partial charge >= 0.3 is 5.97 Å². The van der Waals surface area contributed by atoms with E-state index in [1.54, 1.807) is 0 Å². The summed E-state index contributed by atoms with van der Waals surface area (Å²) in [6.07, 6.45) is 0.608. The van der Waals surface area contributed by atoms with Gasteiger partial charge in [-0.05, 0) is 5.92 Å². The van der Waals surface area contributed by atoms with E-state index in [1.165, 1.54) is 0 Å². The molecular weight excluding hydrogens is 144 g/mol. The van der Waals surface area contributed by atoms with E-state index in [4.69, 9.17) is 10.8 Å². The third kappa shape index (κ3) is 1.69. The van der Waals surface area contributed by atoms with Crippen LogP contribution in [0.2, 0.25) is 0 Å². The molecule has 0 spiro atoms. The predicted octanol–water partition coefficient (Wildman–Crippen LogP) is 0.0842. The second kappa shape index (κ2) is 2.90. The number of aliphatic carboxylic acids is 1. The van der Waals surface area contributed by atoms with Crippen molar-refractivity contribution in [2.75, 3.05) is 6.54 Å². The summed E-state index contributed by atoms with van der Waals surface area (Å²) in [7, 11) is 0. The van der Waals surface area contributed by atoms with Gasteiger partial charge in [0.2, 0.25) is 0 Å². The summed E-state index contributed by atoms with van der Waals surface area (Å²) >= 11 is 0. The number of carbonyl (C=O) groups is 1. The number of aliphatic imine (C=N–C) groups is 1. The molecule has 1 rings (SSSR count). The first-order valence-electron chi connectivity index (χ1n) is 3.63. The summed E-state index contributed by atoms with van der Waals surface area (Å²) < 4.78 is 0. The van der Waals surface area contributed by atoms with E-state index in [0.717, 1.165) is 0 Å². The fourth-order valence-electron chi connectivity index (χ4n) is 1.25. The van der Waals surface area contributed by atoms with E-state index < -0.39 is 5.97 Å². The number of nitrogens with two attached hydrogens (primary N) is 1. The Labute approximate surface area is 65.1 Å². The lowest BCUT2D eigenvalue weighted by Gasteiger charge is -2.22. The predicted molar refractivity (Wildman–Crippen MR) is 41.4 cm³/mol. The maximum absolute atomic E-state index is 10.6. The molecule has 62 valence electrons. The summed E-state index contributed by atoms with van der Waals surface area (Å²) in [4.78, 5) is 14.5. The Kier molecular flexibility index (Phi) is 2.12. The van der Waals surface area contributed by atoms with Crippen molar-refractivity contribution in [2.24, 2.45) is 22.6 Å². The van der Waals surface area contributed by atoms with E-state index in [-0.39, 0.29) is 11.8 Å². The maximum Gasteiger partial charge on any atom is 0.308 e. The van der Waals surface area contributed by atoms with E-state index >= 15 is 0 Å². The third-order valence-corrected chi connectivity index (χ3v) is 2.03. The largest absolute Gasteiger partial charge is 0.481 e. The SMILES string of the molecule is C[C@H]1CC(N)=NC[C@H]1C(=O)O. The van der Waals surface area contributed by atoms with Gasteiger partial charge in [0.1, 0.15) is 0 Å². The molecule has 0 aromatic heterocycles. The molecule has 0 saturated heterocycles. The van der Waals surface area contributed by atoms with Crippen LogP contribution in [-0.4, -0.2) is 23.5 Å². The van der Waals surface area contributed by atoms with Gasteiger partial charge in [-0.15, -0.1) is 0 Å². The van der Waals surface area contributed by atoms with Crippen LogP contribution in [0.3, 0.4) is 0 Å². The first-order valence-corrected chi connectivity index (χ1v) is 3.63. The van der Waals surface area contributed by atoms with Crippen LogP contribution in [0.15, 0.2) is 4.99 Å². The molecule has 1 aliphatic rings. The van der Waals surface area contributed by atoms with Crippen molar-refractivity contribution in [2.45, 2.75) is 13.3 Å². The van der Waals surface area contributed by atoms with Crippen LogP contribution >= 0.6 is 0 Å². The third-order valence-electron chi connectivity index (χ3n) is 2.03. The van der Waals surface area contributed by atoms with Gasteiger partial charge in [-0.1, -0.05) is 6.92 Å². The molecule has 0 aliphatic carbocycles. The Balaban J connectivity index is 2.65. The Bertz CT molecular complexity index is 201. The van der Waals surface area contributed by atoms with Gasteiger partial charge in [0, 0.05) is 6.42 Å². The molecule has 0 radical (unpaired) electrons. The molecule has 0 amide bonds. The minimum absolute atomic E-state index is 0.116. The number of carboxylic acids is 1. The molecule has 0 unspecified atom stereocenters. The number of carboxylic acid groups (broad SMARTS) is 1. The average molecular weight is 156 g/mol. The number of hydrogen-bond acceptors (Lipinski definition) is 3. The van der Waals surface area contributed by atoms with Crippen LogP contribution < -0.4 is 5.73 Å². The Morgan fingerprint density at radius 3 is 2.91 bits per heavy atom. The van der Waals surface area contributed by atoms with Crippen molar-refractivity contribution >= 4 is 11.8 Å². The molecule has 0 aromatic carbocycles. The highest BCUT2D eigenvalue weighted by Gasteiger charge is 2.27. The molecule has 1 aliphatic heterocycles.